The van der Waals surface area contributed by atoms with Crippen molar-refractivity contribution in [3.05, 3.63) is 30.6 Å². The number of para-hydroxylation sites is 1. The van der Waals surface area contributed by atoms with Crippen LogP contribution in [0.2, 0.25) is 0 Å². The molecule has 5 nitrogen and oxygen atoms in total. The molecule has 114 valence electrons. The third kappa shape index (κ3) is 2.22. The fraction of sp³-hybridized carbons (Fsp3) is 0.412. The SMILES string of the molecule is OC[C@@H]1CCCC[C@H]1Nc1ncnc2c1oc1ccccc12. The molecule has 22 heavy (non-hydrogen) atoms. The molecule has 2 heterocycles. The van der Waals surface area contributed by atoms with E-state index in [1.807, 2.05) is 24.3 Å². The van der Waals surface area contributed by atoms with E-state index in [-0.39, 0.29) is 18.6 Å². The van der Waals surface area contributed by atoms with E-state index < -0.39 is 0 Å². The minimum atomic E-state index is 0.214. The molecule has 1 fully saturated rings. The van der Waals surface area contributed by atoms with Gasteiger partial charge in [0.2, 0.25) is 0 Å². The van der Waals surface area contributed by atoms with Crippen LogP contribution in [0.15, 0.2) is 35.0 Å². The number of anilines is 1. The van der Waals surface area contributed by atoms with E-state index in [2.05, 4.69) is 15.3 Å². The molecule has 1 aliphatic carbocycles. The lowest BCUT2D eigenvalue weighted by Crippen LogP contribution is -2.34. The van der Waals surface area contributed by atoms with E-state index in [9.17, 15) is 5.11 Å². The van der Waals surface area contributed by atoms with Gasteiger partial charge in [0.25, 0.3) is 0 Å². The largest absolute Gasteiger partial charge is 0.450 e. The number of aromatic nitrogens is 2. The second kappa shape index (κ2) is 5.57. The molecule has 5 heteroatoms. The summed E-state index contributed by atoms with van der Waals surface area (Å²) in [6.45, 7) is 0.214. The predicted octanol–water partition coefficient (Wildman–Crippen LogP) is 3.34. The molecular weight excluding hydrogens is 278 g/mol. The van der Waals surface area contributed by atoms with Gasteiger partial charge in [-0.15, -0.1) is 0 Å². The molecule has 0 spiro atoms. The van der Waals surface area contributed by atoms with Crippen molar-refractivity contribution in [2.24, 2.45) is 5.92 Å². The van der Waals surface area contributed by atoms with Crippen LogP contribution in [0.5, 0.6) is 0 Å². The van der Waals surface area contributed by atoms with E-state index in [1.54, 1.807) is 6.33 Å². The lowest BCUT2D eigenvalue weighted by atomic mass is 9.85. The molecular formula is C17H19N3O2. The average molecular weight is 297 g/mol. The van der Waals surface area contributed by atoms with E-state index in [0.717, 1.165) is 35.1 Å². The monoisotopic (exact) mass is 297 g/mol. The van der Waals surface area contributed by atoms with Gasteiger partial charge in [-0.1, -0.05) is 25.0 Å². The highest BCUT2D eigenvalue weighted by Crippen LogP contribution is 2.33. The Hall–Kier alpha value is -2.14. The van der Waals surface area contributed by atoms with Crippen molar-refractivity contribution in [3.8, 4) is 0 Å². The first kappa shape index (κ1) is 13.5. The molecule has 4 rings (SSSR count). The van der Waals surface area contributed by atoms with Gasteiger partial charge in [-0.25, -0.2) is 9.97 Å². The van der Waals surface area contributed by atoms with E-state index >= 15 is 0 Å². The summed E-state index contributed by atoms with van der Waals surface area (Å²) in [5.41, 5.74) is 2.36. The number of nitrogens with zero attached hydrogens (tertiary/aromatic N) is 2. The Balaban J connectivity index is 1.75. The first-order chi connectivity index (χ1) is 10.9. The third-order valence-electron chi connectivity index (χ3n) is 4.62. The zero-order valence-corrected chi connectivity index (χ0v) is 12.3. The van der Waals surface area contributed by atoms with Gasteiger partial charge in [0, 0.05) is 24.0 Å². The Kier molecular flexibility index (Phi) is 3.42. The summed E-state index contributed by atoms with van der Waals surface area (Å²) < 4.78 is 5.94. The maximum absolute atomic E-state index is 9.57. The Morgan fingerprint density at radius 1 is 1.18 bits per heavy atom. The van der Waals surface area contributed by atoms with Crippen LogP contribution in [0.25, 0.3) is 22.1 Å². The molecule has 2 N–H and O–H groups in total. The van der Waals surface area contributed by atoms with Crippen LogP contribution >= 0.6 is 0 Å². The fourth-order valence-electron chi connectivity index (χ4n) is 3.42. The molecule has 0 radical (unpaired) electrons. The smallest absolute Gasteiger partial charge is 0.196 e. The van der Waals surface area contributed by atoms with Gasteiger partial charge in [-0.2, -0.15) is 0 Å². The molecule has 0 amide bonds. The number of aliphatic hydroxyl groups is 1. The second-order valence-corrected chi connectivity index (χ2v) is 5.98. The molecule has 1 aliphatic rings. The van der Waals surface area contributed by atoms with Crippen LogP contribution in [0.3, 0.4) is 0 Å². The molecule has 0 bridgehead atoms. The lowest BCUT2D eigenvalue weighted by Gasteiger charge is -2.31. The molecule has 1 aromatic carbocycles. The lowest BCUT2D eigenvalue weighted by molar-refractivity contribution is 0.178. The predicted molar refractivity (Wildman–Crippen MR) is 85.8 cm³/mol. The van der Waals surface area contributed by atoms with Crippen molar-refractivity contribution in [1.82, 2.24) is 9.97 Å². The van der Waals surface area contributed by atoms with Gasteiger partial charge in [-0.3, -0.25) is 0 Å². The van der Waals surface area contributed by atoms with Gasteiger partial charge >= 0.3 is 0 Å². The Labute approximate surface area is 128 Å². The topological polar surface area (TPSA) is 71.2 Å². The van der Waals surface area contributed by atoms with Crippen molar-refractivity contribution in [3.63, 3.8) is 0 Å². The van der Waals surface area contributed by atoms with E-state index in [0.29, 0.717) is 5.58 Å². The Morgan fingerprint density at radius 2 is 2.05 bits per heavy atom. The molecule has 2 aromatic heterocycles. The first-order valence-corrected chi connectivity index (χ1v) is 7.86. The van der Waals surface area contributed by atoms with Crippen LogP contribution in [-0.4, -0.2) is 27.7 Å². The number of fused-ring (bicyclic) bond motifs is 3. The molecule has 2 atom stereocenters. The van der Waals surface area contributed by atoms with Crippen LogP contribution in [-0.2, 0) is 0 Å². The summed E-state index contributed by atoms with van der Waals surface area (Å²) in [7, 11) is 0. The van der Waals surface area contributed by atoms with Gasteiger partial charge in [0.15, 0.2) is 11.4 Å². The Morgan fingerprint density at radius 3 is 2.95 bits per heavy atom. The molecule has 1 saturated carbocycles. The summed E-state index contributed by atoms with van der Waals surface area (Å²) in [6.07, 6.45) is 6.05. The van der Waals surface area contributed by atoms with Crippen LogP contribution in [0, 0.1) is 5.92 Å². The minimum absolute atomic E-state index is 0.214. The Bertz CT molecular complexity index is 799. The number of furan rings is 1. The number of aliphatic hydroxyl groups excluding tert-OH is 1. The van der Waals surface area contributed by atoms with Crippen molar-refractivity contribution < 1.29 is 9.52 Å². The van der Waals surface area contributed by atoms with E-state index in [1.165, 1.54) is 12.8 Å². The average Bonchev–Trinajstić information content (AvgIpc) is 2.95. The third-order valence-corrected chi connectivity index (χ3v) is 4.62. The second-order valence-electron chi connectivity index (χ2n) is 5.98. The van der Waals surface area contributed by atoms with Crippen LogP contribution in [0.4, 0.5) is 5.82 Å². The zero-order chi connectivity index (χ0) is 14.9. The summed E-state index contributed by atoms with van der Waals surface area (Å²) in [6, 6.07) is 8.13. The normalized spacial score (nSPS) is 22.2. The number of nitrogens with one attached hydrogen (secondary N) is 1. The first-order valence-electron chi connectivity index (χ1n) is 7.86. The highest BCUT2D eigenvalue weighted by atomic mass is 16.3. The summed E-state index contributed by atoms with van der Waals surface area (Å²) >= 11 is 0. The van der Waals surface area contributed by atoms with Crippen molar-refractivity contribution in [1.29, 1.82) is 0 Å². The van der Waals surface area contributed by atoms with Gasteiger partial charge < -0.3 is 14.8 Å². The molecule has 0 saturated heterocycles. The number of hydrogen-bond donors (Lipinski definition) is 2. The van der Waals surface area contributed by atoms with E-state index in [4.69, 9.17) is 4.42 Å². The fourth-order valence-corrected chi connectivity index (χ4v) is 3.42. The number of hydrogen-bond acceptors (Lipinski definition) is 5. The minimum Gasteiger partial charge on any atom is -0.450 e. The molecule has 0 unspecified atom stereocenters. The van der Waals surface area contributed by atoms with Gasteiger partial charge in [0.1, 0.15) is 17.4 Å². The van der Waals surface area contributed by atoms with Gasteiger partial charge in [0.05, 0.1) is 0 Å². The molecule has 3 aromatic rings. The summed E-state index contributed by atoms with van der Waals surface area (Å²) in [5.74, 6) is 1.01. The number of rotatable bonds is 3. The highest BCUT2D eigenvalue weighted by molar-refractivity contribution is 6.05. The quantitative estimate of drug-likeness (QED) is 0.776. The molecule has 0 aliphatic heterocycles. The van der Waals surface area contributed by atoms with Crippen molar-refractivity contribution >= 4 is 27.9 Å². The van der Waals surface area contributed by atoms with Gasteiger partial charge in [-0.05, 0) is 25.0 Å². The standard InChI is InChI=1S/C17H19N3O2/c21-9-11-5-1-3-7-13(11)20-17-16-15(18-10-19-17)12-6-2-4-8-14(12)22-16/h2,4,6,8,10-11,13,21H,1,3,5,7,9H2,(H,18,19,20)/t11-,13+/m0/s1. The van der Waals surface area contributed by atoms with Crippen molar-refractivity contribution in [2.75, 3.05) is 11.9 Å². The highest BCUT2D eigenvalue weighted by Gasteiger charge is 2.26. The summed E-state index contributed by atoms with van der Waals surface area (Å²) in [5, 5.41) is 14.1. The van der Waals surface area contributed by atoms with Crippen molar-refractivity contribution in [2.45, 2.75) is 31.7 Å². The maximum Gasteiger partial charge on any atom is 0.196 e. The number of benzene rings is 1. The van der Waals surface area contributed by atoms with Crippen LogP contribution in [0.1, 0.15) is 25.7 Å². The summed E-state index contributed by atoms with van der Waals surface area (Å²) in [4.78, 5) is 8.74. The maximum atomic E-state index is 9.57. The van der Waals surface area contributed by atoms with Crippen LogP contribution < -0.4 is 5.32 Å². The zero-order valence-electron chi connectivity index (χ0n) is 12.3.